The van der Waals surface area contributed by atoms with E-state index in [9.17, 15) is 4.39 Å². The van der Waals surface area contributed by atoms with E-state index in [1.165, 1.54) is 12.1 Å². The van der Waals surface area contributed by atoms with Crippen LogP contribution in [0.4, 0.5) is 21.5 Å². The lowest BCUT2D eigenvalue weighted by molar-refractivity contribution is 0.415. The van der Waals surface area contributed by atoms with Crippen LogP contribution in [-0.2, 0) is 0 Å². The molecule has 2 aromatic carbocycles. The Morgan fingerprint density at radius 1 is 1.17 bits per heavy atom. The summed E-state index contributed by atoms with van der Waals surface area (Å²) in [5, 5.41) is 3.19. The van der Waals surface area contributed by atoms with Crippen LogP contribution < -0.4 is 15.8 Å². The first-order valence-electron chi connectivity index (χ1n) is 5.56. The van der Waals surface area contributed by atoms with Crippen LogP contribution in [0.25, 0.3) is 0 Å². The van der Waals surface area contributed by atoms with Gasteiger partial charge in [0.25, 0.3) is 0 Å². The molecule has 0 unspecified atom stereocenters. The van der Waals surface area contributed by atoms with Crippen molar-refractivity contribution in [2.75, 3.05) is 18.2 Å². The summed E-state index contributed by atoms with van der Waals surface area (Å²) in [7, 11) is 1.59. The fourth-order valence-corrected chi connectivity index (χ4v) is 1.73. The first-order chi connectivity index (χ1) is 8.58. The number of rotatable bonds is 3. The molecule has 0 atom stereocenters. The lowest BCUT2D eigenvalue weighted by Gasteiger charge is -2.11. The minimum atomic E-state index is -0.247. The summed E-state index contributed by atoms with van der Waals surface area (Å²) in [6.45, 7) is 1.84. The predicted octanol–water partition coefficient (Wildman–Crippen LogP) is 3.47. The molecule has 0 saturated heterocycles. The van der Waals surface area contributed by atoms with E-state index >= 15 is 0 Å². The number of nitrogens with one attached hydrogen (secondary N) is 1. The quantitative estimate of drug-likeness (QED) is 0.815. The molecular formula is C14H15FN2O. The summed E-state index contributed by atoms with van der Waals surface area (Å²) in [5.41, 5.74) is 8.85. The summed E-state index contributed by atoms with van der Waals surface area (Å²) in [5.74, 6) is 0.431. The van der Waals surface area contributed by atoms with Gasteiger partial charge in [0.2, 0.25) is 0 Å². The third-order valence-corrected chi connectivity index (χ3v) is 2.63. The maximum Gasteiger partial charge on any atom is 0.123 e. The molecule has 0 aromatic heterocycles. The van der Waals surface area contributed by atoms with Gasteiger partial charge in [-0.1, -0.05) is 0 Å². The predicted molar refractivity (Wildman–Crippen MR) is 71.8 cm³/mol. The summed E-state index contributed by atoms with van der Waals surface area (Å²) in [6.07, 6.45) is 0. The van der Waals surface area contributed by atoms with Crippen molar-refractivity contribution in [1.29, 1.82) is 0 Å². The molecule has 0 aliphatic carbocycles. The molecule has 0 fully saturated rings. The largest absolute Gasteiger partial charge is 0.497 e. The van der Waals surface area contributed by atoms with E-state index in [1.807, 2.05) is 13.0 Å². The minimum absolute atomic E-state index is 0.247. The first kappa shape index (κ1) is 12.2. The number of nitrogens with two attached hydrogens (primary N) is 1. The Balaban J connectivity index is 2.30. The van der Waals surface area contributed by atoms with Crippen molar-refractivity contribution in [3.05, 3.63) is 47.8 Å². The molecule has 18 heavy (non-hydrogen) atoms. The molecule has 0 amide bonds. The van der Waals surface area contributed by atoms with Gasteiger partial charge >= 0.3 is 0 Å². The van der Waals surface area contributed by atoms with Crippen molar-refractivity contribution >= 4 is 17.1 Å². The highest BCUT2D eigenvalue weighted by Gasteiger charge is 2.03. The van der Waals surface area contributed by atoms with Crippen LogP contribution >= 0.6 is 0 Å². The first-order valence-corrected chi connectivity index (χ1v) is 5.56. The lowest BCUT2D eigenvalue weighted by atomic mass is 10.2. The molecule has 0 aliphatic rings. The zero-order valence-electron chi connectivity index (χ0n) is 10.3. The van der Waals surface area contributed by atoms with Gasteiger partial charge in [-0.15, -0.1) is 0 Å². The second-order valence-electron chi connectivity index (χ2n) is 4.08. The number of aryl methyl sites for hydroxylation is 1. The Kier molecular flexibility index (Phi) is 3.37. The molecule has 0 aliphatic heterocycles. The Bertz CT molecular complexity index is 570. The van der Waals surface area contributed by atoms with E-state index in [0.29, 0.717) is 11.4 Å². The SMILES string of the molecule is COc1cc(N)cc(Nc2ccc(F)cc2C)c1. The van der Waals surface area contributed by atoms with Gasteiger partial charge in [0.05, 0.1) is 7.11 Å². The van der Waals surface area contributed by atoms with Gasteiger partial charge in [-0.3, -0.25) is 0 Å². The molecule has 0 spiro atoms. The Labute approximate surface area is 105 Å². The second-order valence-corrected chi connectivity index (χ2v) is 4.08. The molecule has 0 saturated carbocycles. The Morgan fingerprint density at radius 2 is 1.94 bits per heavy atom. The molecule has 0 radical (unpaired) electrons. The van der Waals surface area contributed by atoms with Crippen LogP contribution in [0, 0.1) is 12.7 Å². The van der Waals surface area contributed by atoms with Crippen molar-refractivity contribution in [3.63, 3.8) is 0 Å². The highest BCUT2D eigenvalue weighted by Crippen LogP contribution is 2.26. The van der Waals surface area contributed by atoms with Gasteiger partial charge in [0.15, 0.2) is 0 Å². The molecule has 94 valence electrons. The monoisotopic (exact) mass is 246 g/mol. The highest BCUT2D eigenvalue weighted by atomic mass is 19.1. The Hall–Kier alpha value is -2.23. The van der Waals surface area contributed by atoms with Crippen molar-refractivity contribution < 1.29 is 9.13 Å². The molecule has 0 bridgehead atoms. The highest BCUT2D eigenvalue weighted by molar-refractivity contribution is 5.68. The molecule has 2 aromatic rings. The zero-order valence-corrected chi connectivity index (χ0v) is 10.3. The van der Waals surface area contributed by atoms with Crippen LogP contribution in [0.2, 0.25) is 0 Å². The van der Waals surface area contributed by atoms with E-state index in [4.69, 9.17) is 10.5 Å². The number of hydrogen-bond donors (Lipinski definition) is 2. The number of anilines is 3. The van der Waals surface area contributed by atoms with Crippen LogP contribution in [0.5, 0.6) is 5.75 Å². The standard InChI is InChI=1S/C14H15FN2O/c1-9-5-10(15)3-4-14(9)17-12-6-11(16)7-13(8-12)18-2/h3-8,17H,16H2,1-2H3. The van der Waals surface area contributed by atoms with Crippen LogP contribution in [0.3, 0.4) is 0 Å². The average molecular weight is 246 g/mol. The van der Waals surface area contributed by atoms with E-state index < -0.39 is 0 Å². The maximum atomic E-state index is 13.0. The number of halogens is 1. The van der Waals surface area contributed by atoms with E-state index in [-0.39, 0.29) is 5.82 Å². The van der Waals surface area contributed by atoms with Gasteiger partial charge in [0, 0.05) is 29.2 Å². The zero-order chi connectivity index (χ0) is 13.1. The topological polar surface area (TPSA) is 47.3 Å². The number of hydrogen-bond acceptors (Lipinski definition) is 3. The van der Waals surface area contributed by atoms with Crippen molar-refractivity contribution in [2.45, 2.75) is 6.92 Å². The Morgan fingerprint density at radius 3 is 2.61 bits per heavy atom. The fourth-order valence-electron chi connectivity index (χ4n) is 1.73. The maximum absolute atomic E-state index is 13.0. The molecular weight excluding hydrogens is 231 g/mol. The number of nitrogen functional groups attached to an aromatic ring is 1. The molecule has 2 rings (SSSR count). The van der Waals surface area contributed by atoms with Gasteiger partial charge in [-0.25, -0.2) is 4.39 Å². The number of benzene rings is 2. The minimum Gasteiger partial charge on any atom is -0.497 e. The molecule has 3 N–H and O–H groups in total. The summed E-state index contributed by atoms with van der Waals surface area (Å²) < 4.78 is 18.1. The summed E-state index contributed by atoms with van der Waals surface area (Å²) in [4.78, 5) is 0. The van der Waals surface area contributed by atoms with Crippen molar-refractivity contribution in [1.82, 2.24) is 0 Å². The number of methoxy groups -OCH3 is 1. The number of ether oxygens (including phenoxy) is 1. The fraction of sp³-hybridized carbons (Fsp3) is 0.143. The van der Waals surface area contributed by atoms with Crippen molar-refractivity contribution in [2.24, 2.45) is 0 Å². The molecule has 4 heteroatoms. The normalized spacial score (nSPS) is 10.2. The van der Waals surface area contributed by atoms with Gasteiger partial charge in [-0.2, -0.15) is 0 Å². The second kappa shape index (κ2) is 4.96. The van der Waals surface area contributed by atoms with Crippen LogP contribution in [0.1, 0.15) is 5.56 Å². The van der Waals surface area contributed by atoms with Crippen molar-refractivity contribution in [3.8, 4) is 5.75 Å². The third-order valence-electron chi connectivity index (χ3n) is 2.63. The molecule has 0 heterocycles. The van der Waals surface area contributed by atoms with E-state index in [1.54, 1.807) is 25.3 Å². The van der Waals surface area contributed by atoms with Crippen LogP contribution in [-0.4, -0.2) is 7.11 Å². The smallest absolute Gasteiger partial charge is 0.123 e. The van der Waals surface area contributed by atoms with E-state index in [2.05, 4.69) is 5.32 Å². The lowest BCUT2D eigenvalue weighted by Crippen LogP contribution is -1.96. The van der Waals surface area contributed by atoms with Gasteiger partial charge in [-0.05, 0) is 36.8 Å². The van der Waals surface area contributed by atoms with Gasteiger partial charge in [0.1, 0.15) is 11.6 Å². The van der Waals surface area contributed by atoms with Gasteiger partial charge < -0.3 is 15.8 Å². The van der Waals surface area contributed by atoms with E-state index in [0.717, 1.165) is 16.9 Å². The summed E-state index contributed by atoms with van der Waals surface area (Å²) in [6, 6.07) is 9.96. The van der Waals surface area contributed by atoms with Crippen LogP contribution in [0.15, 0.2) is 36.4 Å². The average Bonchev–Trinajstić information content (AvgIpc) is 2.32. The molecule has 3 nitrogen and oxygen atoms in total. The third kappa shape index (κ3) is 2.71. The summed E-state index contributed by atoms with van der Waals surface area (Å²) >= 11 is 0.